The molecule has 0 saturated carbocycles. The van der Waals surface area contributed by atoms with E-state index >= 15 is 0 Å². The molecule has 0 radical (unpaired) electrons. The zero-order valence-electron chi connectivity index (χ0n) is 11.5. The van der Waals surface area contributed by atoms with Gasteiger partial charge < -0.3 is 4.90 Å². The fourth-order valence-corrected chi connectivity index (χ4v) is 4.77. The maximum Gasteiger partial charge on any atom is 0.0878 e. The summed E-state index contributed by atoms with van der Waals surface area (Å²) in [5, 5.41) is 7.07. The van der Waals surface area contributed by atoms with Crippen LogP contribution in [0.25, 0.3) is 6.08 Å². The van der Waals surface area contributed by atoms with Crippen molar-refractivity contribution < 1.29 is 0 Å². The first-order chi connectivity index (χ1) is 9.81. The van der Waals surface area contributed by atoms with E-state index < -0.39 is 0 Å². The van der Waals surface area contributed by atoms with Crippen molar-refractivity contribution in [1.29, 1.82) is 0 Å². The van der Waals surface area contributed by atoms with Crippen molar-refractivity contribution in [2.75, 3.05) is 33.2 Å². The van der Waals surface area contributed by atoms with Gasteiger partial charge in [-0.15, -0.1) is 11.8 Å². The Balaban J connectivity index is 1.64. The van der Waals surface area contributed by atoms with Gasteiger partial charge in [0.05, 0.1) is 11.1 Å². The van der Waals surface area contributed by atoms with E-state index in [0.717, 1.165) is 31.9 Å². The number of hydrogen-bond donors (Lipinski definition) is 0. The molecule has 0 bridgehead atoms. The third kappa shape index (κ3) is 2.19. The Labute approximate surface area is 127 Å². The van der Waals surface area contributed by atoms with Crippen LogP contribution in [0.2, 0.25) is 0 Å². The monoisotopic (exact) mass is 303 g/mol. The van der Waals surface area contributed by atoms with E-state index in [4.69, 9.17) is 0 Å². The lowest BCUT2D eigenvalue weighted by Gasteiger charge is -2.36. The van der Waals surface area contributed by atoms with Gasteiger partial charge in [-0.25, -0.2) is 0 Å². The summed E-state index contributed by atoms with van der Waals surface area (Å²) in [6.07, 6.45) is 4.35. The highest BCUT2D eigenvalue weighted by Gasteiger charge is 2.32. The highest BCUT2D eigenvalue weighted by atomic mass is 32.2. The first kappa shape index (κ1) is 12.8. The van der Waals surface area contributed by atoms with E-state index in [2.05, 4.69) is 44.1 Å². The maximum absolute atomic E-state index is 4.68. The number of hydrogen-bond acceptors (Lipinski definition) is 5. The minimum absolute atomic E-state index is 0.446. The fraction of sp³-hybridized carbons (Fsp3) is 0.400. The standard InChI is InChI=1S/C15H17N3S2/c1-17-2-4-18(5-3-17)15-13-6-11-8-19-9-12(11)7-16-14(13)10-20-15/h6-10,15H,2-5H2,1H3. The van der Waals surface area contributed by atoms with Crippen LogP contribution in [0, 0.1) is 0 Å². The van der Waals surface area contributed by atoms with E-state index in [-0.39, 0.29) is 0 Å². The van der Waals surface area contributed by atoms with Crippen molar-refractivity contribution in [3.05, 3.63) is 38.6 Å². The largest absolute Gasteiger partial charge is 0.304 e. The summed E-state index contributed by atoms with van der Waals surface area (Å²) in [5.41, 5.74) is 5.10. The number of piperazine rings is 1. The summed E-state index contributed by atoms with van der Waals surface area (Å²) in [7, 11) is 2.20. The van der Waals surface area contributed by atoms with Crippen molar-refractivity contribution in [2.24, 2.45) is 4.99 Å². The van der Waals surface area contributed by atoms with Crippen molar-refractivity contribution in [3.8, 4) is 0 Å². The molecule has 1 fully saturated rings. The quantitative estimate of drug-likeness (QED) is 0.795. The van der Waals surface area contributed by atoms with Gasteiger partial charge in [-0.3, -0.25) is 9.89 Å². The Hall–Kier alpha value is -0.880. The number of thioether (sulfide) groups is 1. The topological polar surface area (TPSA) is 18.8 Å². The molecule has 3 aliphatic rings. The first-order valence-corrected chi connectivity index (χ1v) is 8.80. The molecular formula is C15H17N3S2. The molecule has 0 aromatic carbocycles. The number of likely N-dealkylation sites (N-methyl/N-ethyl adjacent to an activating group) is 1. The molecule has 5 heteroatoms. The van der Waals surface area contributed by atoms with Gasteiger partial charge in [-0.05, 0) is 29.5 Å². The van der Waals surface area contributed by atoms with Gasteiger partial charge in [0.1, 0.15) is 0 Å². The second kappa shape index (κ2) is 5.15. The molecule has 1 atom stereocenters. The molecule has 4 rings (SSSR count). The van der Waals surface area contributed by atoms with E-state index in [9.17, 15) is 0 Å². The van der Waals surface area contributed by atoms with Gasteiger partial charge in [0.2, 0.25) is 0 Å². The molecule has 20 heavy (non-hydrogen) atoms. The highest BCUT2D eigenvalue weighted by Crippen LogP contribution is 2.41. The number of thiophene rings is 1. The molecule has 3 aliphatic heterocycles. The zero-order chi connectivity index (χ0) is 13.5. The minimum atomic E-state index is 0.446. The highest BCUT2D eigenvalue weighted by molar-refractivity contribution is 8.03. The second-order valence-corrected chi connectivity index (χ2v) is 7.17. The molecule has 4 heterocycles. The molecule has 0 N–H and O–H groups in total. The van der Waals surface area contributed by atoms with Gasteiger partial charge >= 0.3 is 0 Å². The lowest BCUT2D eigenvalue weighted by atomic mass is 10.1. The van der Waals surface area contributed by atoms with Gasteiger partial charge in [0.25, 0.3) is 0 Å². The van der Waals surface area contributed by atoms with Crippen LogP contribution in [-0.2, 0) is 0 Å². The van der Waals surface area contributed by atoms with Crippen LogP contribution in [-0.4, -0.2) is 54.6 Å². The Kier molecular flexibility index (Phi) is 3.30. The molecule has 0 aliphatic carbocycles. The molecule has 104 valence electrons. The molecule has 1 aromatic rings. The third-order valence-corrected chi connectivity index (χ3v) is 6.07. The van der Waals surface area contributed by atoms with E-state index in [1.165, 1.54) is 16.7 Å². The summed E-state index contributed by atoms with van der Waals surface area (Å²) >= 11 is 3.66. The van der Waals surface area contributed by atoms with E-state index in [1.807, 2.05) is 18.0 Å². The Morgan fingerprint density at radius 2 is 1.95 bits per heavy atom. The van der Waals surface area contributed by atoms with Gasteiger partial charge in [-0.2, -0.15) is 11.3 Å². The summed E-state index contributed by atoms with van der Waals surface area (Å²) in [4.78, 5) is 9.67. The number of aliphatic imine (C=N–C) groups is 1. The summed E-state index contributed by atoms with van der Waals surface area (Å²) in [5.74, 6) is 0. The fourth-order valence-electron chi connectivity index (χ4n) is 2.83. The lowest BCUT2D eigenvalue weighted by molar-refractivity contribution is 0.155. The average Bonchev–Trinajstić information content (AvgIpc) is 3.03. The number of nitrogens with zero attached hydrogens (tertiary/aromatic N) is 3. The second-order valence-electron chi connectivity index (χ2n) is 5.47. The minimum Gasteiger partial charge on any atom is -0.304 e. The van der Waals surface area contributed by atoms with E-state index in [0.29, 0.717) is 5.37 Å². The first-order valence-electron chi connectivity index (χ1n) is 6.92. The lowest BCUT2D eigenvalue weighted by Crippen LogP contribution is -2.48. The Bertz CT molecular complexity index is 606. The molecule has 0 amide bonds. The normalized spacial score (nSPS) is 26.8. The summed E-state index contributed by atoms with van der Waals surface area (Å²) < 4.78 is 0. The SMILES string of the molecule is CN1CCN(C2SC=C3N=Cc4cscc4C=C32)CC1. The Morgan fingerprint density at radius 3 is 2.80 bits per heavy atom. The van der Waals surface area contributed by atoms with Crippen LogP contribution in [0.1, 0.15) is 11.1 Å². The van der Waals surface area contributed by atoms with E-state index in [1.54, 1.807) is 11.3 Å². The van der Waals surface area contributed by atoms with Crippen LogP contribution in [0.5, 0.6) is 0 Å². The Morgan fingerprint density at radius 1 is 1.15 bits per heavy atom. The predicted octanol–water partition coefficient (Wildman–Crippen LogP) is 2.73. The van der Waals surface area contributed by atoms with Crippen molar-refractivity contribution in [3.63, 3.8) is 0 Å². The van der Waals surface area contributed by atoms with Crippen LogP contribution in [0.4, 0.5) is 0 Å². The van der Waals surface area contributed by atoms with Crippen molar-refractivity contribution >= 4 is 35.4 Å². The number of fused-ring (bicyclic) bond motifs is 2. The molecule has 0 spiro atoms. The summed E-state index contributed by atoms with van der Waals surface area (Å²) in [6.45, 7) is 4.61. The molecule has 1 unspecified atom stereocenters. The molecule has 1 aromatic heterocycles. The predicted molar refractivity (Wildman–Crippen MR) is 88.4 cm³/mol. The molecular weight excluding hydrogens is 286 g/mol. The van der Waals surface area contributed by atoms with Gasteiger partial charge in [-0.1, -0.05) is 0 Å². The summed E-state index contributed by atoms with van der Waals surface area (Å²) in [6, 6.07) is 0. The average molecular weight is 303 g/mol. The van der Waals surface area contributed by atoms with Crippen LogP contribution in [0.15, 0.2) is 32.4 Å². The van der Waals surface area contributed by atoms with Crippen molar-refractivity contribution in [2.45, 2.75) is 5.37 Å². The van der Waals surface area contributed by atoms with Crippen LogP contribution < -0.4 is 0 Å². The van der Waals surface area contributed by atoms with Crippen LogP contribution in [0.3, 0.4) is 0 Å². The van der Waals surface area contributed by atoms with Gasteiger partial charge in [0.15, 0.2) is 0 Å². The van der Waals surface area contributed by atoms with Crippen molar-refractivity contribution in [1.82, 2.24) is 9.80 Å². The third-order valence-electron chi connectivity index (χ3n) is 4.12. The smallest absolute Gasteiger partial charge is 0.0878 e. The van der Waals surface area contributed by atoms with Gasteiger partial charge in [0, 0.05) is 48.9 Å². The zero-order valence-corrected chi connectivity index (χ0v) is 13.1. The molecule has 1 saturated heterocycles. The maximum atomic E-state index is 4.68. The molecule has 3 nitrogen and oxygen atoms in total. The van der Waals surface area contributed by atoms with Crippen LogP contribution >= 0.6 is 23.1 Å². The number of rotatable bonds is 1.